The highest BCUT2D eigenvalue weighted by atomic mass is 19.1. The second-order valence-corrected chi connectivity index (χ2v) is 5.76. The third-order valence-electron chi connectivity index (χ3n) is 4.24. The third-order valence-corrected chi connectivity index (χ3v) is 4.24. The van der Waals surface area contributed by atoms with Crippen molar-refractivity contribution >= 4 is 11.9 Å². The molecule has 124 valence electrons. The van der Waals surface area contributed by atoms with Gasteiger partial charge in [-0.1, -0.05) is 0 Å². The fraction of sp³-hybridized carbons (Fsp3) is 0.278. The fourth-order valence-corrected chi connectivity index (χ4v) is 2.91. The van der Waals surface area contributed by atoms with Crippen LogP contribution in [0, 0.1) is 12.7 Å². The van der Waals surface area contributed by atoms with E-state index in [4.69, 9.17) is 4.74 Å². The summed E-state index contributed by atoms with van der Waals surface area (Å²) in [6.07, 6.45) is 3.71. The van der Waals surface area contributed by atoms with Crippen molar-refractivity contribution in [3.05, 3.63) is 64.2 Å². The summed E-state index contributed by atoms with van der Waals surface area (Å²) in [6.45, 7) is 2.48. The first kappa shape index (κ1) is 16.1. The van der Waals surface area contributed by atoms with E-state index < -0.39 is 5.97 Å². The van der Waals surface area contributed by atoms with Crippen molar-refractivity contribution in [2.45, 2.75) is 19.9 Å². The van der Waals surface area contributed by atoms with Crippen LogP contribution in [0.4, 0.5) is 4.39 Å². The monoisotopic (exact) mass is 328 g/mol. The predicted octanol–water partition coefficient (Wildman–Crippen LogP) is 2.51. The highest BCUT2D eigenvalue weighted by Crippen LogP contribution is 2.24. The van der Waals surface area contributed by atoms with Gasteiger partial charge in [-0.2, -0.15) is 0 Å². The maximum Gasteiger partial charge on any atom is 0.339 e. The summed E-state index contributed by atoms with van der Waals surface area (Å²) in [5.41, 5.74) is 3.04. The molecule has 1 amide bonds. The number of hydrogen-bond donors (Lipinski definition) is 0. The number of pyridine rings is 1. The number of rotatable bonds is 2. The topological polar surface area (TPSA) is 59.5 Å². The van der Waals surface area contributed by atoms with Gasteiger partial charge in [-0.05, 0) is 48.2 Å². The van der Waals surface area contributed by atoms with Crippen LogP contribution < -0.4 is 0 Å². The molecule has 2 heterocycles. The average Bonchev–Trinajstić information content (AvgIpc) is 2.61. The van der Waals surface area contributed by atoms with Gasteiger partial charge in [-0.25, -0.2) is 9.18 Å². The van der Waals surface area contributed by atoms with Crippen molar-refractivity contribution in [3.8, 4) is 0 Å². The van der Waals surface area contributed by atoms with Crippen LogP contribution in [0.25, 0.3) is 0 Å². The number of esters is 1. The normalized spacial score (nSPS) is 13.4. The predicted molar refractivity (Wildman–Crippen MR) is 85.2 cm³/mol. The maximum atomic E-state index is 13.4. The first-order valence-corrected chi connectivity index (χ1v) is 7.60. The van der Waals surface area contributed by atoms with Crippen LogP contribution in [0.1, 0.15) is 37.4 Å². The van der Waals surface area contributed by atoms with Crippen molar-refractivity contribution in [2.75, 3.05) is 13.7 Å². The van der Waals surface area contributed by atoms with Crippen LogP contribution in [0.3, 0.4) is 0 Å². The zero-order valence-electron chi connectivity index (χ0n) is 13.5. The molecule has 0 atom stereocenters. The Bertz CT molecular complexity index is 820. The van der Waals surface area contributed by atoms with Crippen LogP contribution in [-0.4, -0.2) is 35.4 Å². The molecule has 0 spiro atoms. The number of carbonyl (C=O) groups excluding carboxylic acids is 2. The second kappa shape index (κ2) is 6.39. The Kier molecular flexibility index (Phi) is 4.29. The van der Waals surface area contributed by atoms with Gasteiger partial charge in [0.2, 0.25) is 0 Å². The molecule has 0 fully saturated rings. The lowest BCUT2D eigenvalue weighted by Gasteiger charge is -2.29. The molecule has 5 nitrogen and oxygen atoms in total. The van der Waals surface area contributed by atoms with Gasteiger partial charge in [0.05, 0.1) is 12.7 Å². The first-order chi connectivity index (χ1) is 11.5. The van der Waals surface area contributed by atoms with Crippen LogP contribution in [0.2, 0.25) is 0 Å². The van der Waals surface area contributed by atoms with E-state index in [0.29, 0.717) is 36.2 Å². The maximum absolute atomic E-state index is 13.4. The zero-order valence-corrected chi connectivity index (χ0v) is 13.5. The van der Waals surface area contributed by atoms with Gasteiger partial charge in [-0.3, -0.25) is 9.78 Å². The summed E-state index contributed by atoms with van der Waals surface area (Å²) in [5, 5.41) is 0. The first-order valence-electron chi connectivity index (χ1n) is 7.60. The van der Waals surface area contributed by atoms with Gasteiger partial charge in [0.25, 0.3) is 5.91 Å². The van der Waals surface area contributed by atoms with E-state index in [9.17, 15) is 14.0 Å². The Morgan fingerprint density at radius 1 is 1.29 bits per heavy atom. The summed E-state index contributed by atoms with van der Waals surface area (Å²) < 4.78 is 18.2. The van der Waals surface area contributed by atoms with Crippen molar-refractivity contribution in [1.82, 2.24) is 9.88 Å². The second-order valence-electron chi connectivity index (χ2n) is 5.76. The number of hydrogen-bond acceptors (Lipinski definition) is 4. The number of aromatic nitrogens is 1. The Hall–Kier alpha value is -2.76. The summed E-state index contributed by atoms with van der Waals surface area (Å²) in [7, 11) is 1.33. The molecule has 0 N–H and O–H groups in total. The molecule has 1 aliphatic heterocycles. The number of benzene rings is 1. The van der Waals surface area contributed by atoms with Gasteiger partial charge >= 0.3 is 5.97 Å². The minimum Gasteiger partial charge on any atom is -0.465 e. The minimum absolute atomic E-state index is 0.160. The van der Waals surface area contributed by atoms with Gasteiger partial charge in [0.15, 0.2) is 0 Å². The molecule has 1 aliphatic rings. The van der Waals surface area contributed by atoms with Crippen LogP contribution in [-0.2, 0) is 17.7 Å². The highest BCUT2D eigenvalue weighted by molar-refractivity contribution is 5.95. The van der Waals surface area contributed by atoms with E-state index in [2.05, 4.69) is 4.98 Å². The number of methoxy groups -OCH3 is 1. The molecule has 1 aromatic carbocycles. The quantitative estimate of drug-likeness (QED) is 0.795. The Morgan fingerprint density at radius 2 is 2.08 bits per heavy atom. The number of halogens is 1. The standard InChI is InChI=1S/C18H17FN2O3/c1-11-7-12(3-4-16(11)19)17(22)21-6-5-14-13(10-21)8-20-9-15(14)18(23)24-2/h3-4,7-9H,5-6,10H2,1-2H3. The fourth-order valence-electron chi connectivity index (χ4n) is 2.91. The smallest absolute Gasteiger partial charge is 0.339 e. The molecule has 1 aromatic heterocycles. The summed E-state index contributed by atoms with van der Waals surface area (Å²) in [4.78, 5) is 30.2. The molecule has 0 radical (unpaired) electrons. The largest absolute Gasteiger partial charge is 0.465 e. The molecule has 6 heteroatoms. The Morgan fingerprint density at radius 3 is 2.79 bits per heavy atom. The summed E-state index contributed by atoms with van der Waals surface area (Å²) in [5.74, 6) is -0.914. The van der Waals surface area contributed by atoms with E-state index in [0.717, 1.165) is 11.1 Å². The van der Waals surface area contributed by atoms with Crippen molar-refractivity contribution in [3.63, 3.8) is 0 Å². The molecule has 0 aliphatic carbocycles. The molecule has 3 rings (SSSR count). The van der Waals surface area contributed by atoms with Crippen molar-refractivity contribution in [2.24, 2.45) is 0 Å². The molecule has 2 aromatic rings. The van der Waals surface area contributed by atoms with E-state index >= 15 is 0 Å². The lowest BCUT2D eigenvalue weighted by molar-refractivity contribution is 0.0598. The number of carbonyl (C=O) groups is 2. The molecule has 0 saturated heterocycles. The van der Waals surface area contributed by atoms with Crippen LogP contribution in [0.5, 0.6) is 0 Å². The molecular weight excluding hydrogens is 311 g/mol. The van der Waals surface area contributed by atoms with Gasteiger partial charge in [0, 0.05) is 31.0 Å². The van der Waals surface area contributed by atoms with Crippen molar-refractivity contribution in [1.29, 1.82) is 0 Å². The van der Waals surface area contributed by atoms with E-state index in [-0.39, 0.29) is 11.7 Å². The van der Waals surface area contributed by atoms with Gasteiger partial charge in [-0.15, -0.1) is 0 Å². The van der Waals surface area contributed by atoms with Crippen molar-refractivity contribution < 1.29 is 18.7 Å². The molecular formula is C18H17FN2O3. The van der Waals surface area contributed by atoms with E-state index in [1.54, 1.807) is 24.1 Å². The van der Waals surface area contributed by atoms with E-state index in [1.165, 1.54) is 25.4 Å². The number of nitrogens with zero attached hydrogens (tertiary/aromatic N) is 2. The summed E-state index contributed by atoms with van der Waals surface area (Å²) >= 11 is 0. The Balaban J connectivity index is 1.86. The van der Waals surface area contributed by atoms with Gasteiger partial charge in [0.1, 0.15) is 5.82 Å². The number of amides is 1. The Labute approximate surface area is 139 Å². The van der Waals surface area contributed by atoms with Crippen LogP contribution >= 0.6 is 0 Å². The van der Waals surface area contributed by atoms with E-state index in [1.807, 2.05) is 0 Å². The molecule has 24 heavy (non-hydrogen) atoms. The molecule has 0 unspecified atom stereocenters. The molecule has 0 saturated carbocycles. The number of ether oxygens (including phenoxy) is 1. The zero-order chi connectivity index (χ0) is 17.3. The average molecular weight is 328 g/mol. The SMILES string of the molecule is COC(=O)c1cncc2c1CCN(C(=O)c1ccc(F)c(C)c1)C2. The summed E-state index contributed by atoms with van der Waals surface area (Å²) in [6, 6.07) is 4.34. The lowest BCUT2D eigenvalue weighted by Crippen LogP contribution is -2.36. The highest BCUT2D eigenvalue weighted by Gasteiger charge is 2.26. The number of fused-ring (bicyclic) bond motifs is 1. The lowest BCUT2D eigenvalue weighted by atomic mass is 9.96. The number of aryl methyl sites for hydroxylation is 1. The van der Waals surface area contributed by atoms with Crippen LogP contribution in [0.15, 0.2) is 30.6 Å². The third kappa shape index (κ3) is 2.87. The minimum atomic E-state index is -0.423. The van der Waals surface area contributed by atoms with Gasteiger partial charge < -0.3 is 9.64 Å². The molecule has 0 bridgehead atoms.